The van der Waals surface area contributed by atoms with E-state index >= 15 is 0 Å². The molecular weight excluding hydrogens is 392 g/mol. The van der Waals surface area contributed by atoms with Gasteiger partial charge in [-0.05, 0) is 56.9 Å². The zero-order chi connectivity index (χ0) is 23.0. The fourth-order valence-electron chi connectivity index (χ4n) is 3.09. The van der Waals surface area contributed by atoms with Crippen LogP contribution in [0.15, 0.2) is 42.5 Å². The predicted octanol–water partition coefficient (Wildman–Crippen LogP) is 3.96. The lowest BCUT2D eigenvalue weighted by Gasteiger charge is -2.28. The maximum atomic E-state index is 12.7. The van der Waals surface area contributed by atoms with Crippen molar-refractivity contribution in [3.8, 4) is 0 Å². The lowest BCUT2D eigenvalue weighted by molar-refractivity contribution is -0.152. The third-order valence-electron chi connectivity index (χ3n) is 5.46. The SMILES string of the molecule is CC[C@@H](C)N(CC(=O)Nc1cccc(C)c1C)C(=O)COC(=O)Cc1ccc(C)cc1. The number of aryl methyl sites for hydroxylation is 2. The smallest absolute Gasteiger partial charge is 0.310 e. The first-order valence-electron chi connectivity index (χ1n) is 10.6. The van der Waals surface area contributed by atoms with E-state index in [1.807, 2.05) is 77.1 Å². The molecule has 2 rings (SSSR count). The predicted molar refractivity (Wildman–Crippen MR) is 122 cm³/mol. The summed E-state index contributed by atoms with van der Waals surface area (Å²) >= 11 is 0. The van der Waals surface area contributed by atoms with Gasteiger partial charge in [-0.3, -0.25) is 14.4 Å². The topological polar surface area (TPSA) is 75.7 Å². The quantitative estimate of drug-likeness (QED) is 0.618. The number of rotatable bonds is 9. The molecule has 1 N–H and O–H groups in total. The van der Waals surface area contributed by atoms with Gasteiger partial charge in [-0.25, -0.2) is 0 Å². The number of anilines is 1. The van der Waals surface area contributed by atoms with Crippen molar-refractivity contribution in [3.05, 3.63) is 64.7 Å². The van der Waals surface area contributed by atoms with Gasteiger partial charge in [0.1, 0.15) is 6.54 Å². The fourth-order valence-corrected chi connectivity index (χ4v) is 3.09. The zero-order valence-corrected chi connectivity index (χ0v) is 19.0. The molecule has 0 aliphatic rings. The van der Waals surface area contributed by atoms with Crippen LogP contribution in [-0.2, 0) is 25.5 Å². The molecule has 0 saturated heterocycles. The Morgan fingerprint density at radius 2 is 1.71 bits per heavy atom. The molecule has 2 amide bonds. The number of benzene rings is 2. The van der Waals surface area contributed by atoms with Crippen molar-refractivity contribution in [2.24, 2.45) is 0 Å². The van der Waals surface area contributed by atoms with E-state index in [-0.39, 0.29) is 37.4 Å². The molecule has 166 valence electrons. The summed E-state index contributed by atoms with van der Waals surface area (Å²) in [7, 11) is 0. The molecule has 6 heteroatoms. The highest BCUT2D eigenvalue weighted by Gasteiger charge is 2.23. The number of carbonyl (C=O) groups excluding carboxylic acids is 3. The van der Waals surface area contributed by atoms with Crippen molar-refractivity contribution >= 4 is 23.5 Å². The summed E-state index contributed by atoms with van der Waals surface area (Å²) in [6.45, 7) is 9.22. The van der Waals surface area contributed by atoms with Crippen molar-refractivity contribution in [1.29, 1.82) is 0 Å². The standard InChI is InChI=1S/C25H32N2O4/c1-6-19(4)27(15-23(28)26-22-9-7-8-18(3)20(22)5)24(29)16-31-25(30)14-21-12-10-17(2)11-13-21/h7-13,19H,6,14-16H2,1-5H3,(H,26,28)/t19-/m1/s1. The van der Waals surface area contributed by atoms with Gasteiger partial charge < -0.3 is 15.0 Å². The summed E-state index contributed by atoms with van der Waals surface area (Å²) in [6, 6.07) is 13.1. The molecule has 0 fully saturated rings. The van der Waals surface area contributed by atoms with E-state index in [4.69, 9.17) is 4.74 Å². The lowest BCUT2D eigenvalue weighted by atomic mass is 10.1. The first kappa shape index (κ1) is 24.1. The van der Waals surface area contributed by atoms with Crippen LogP contribution in [0.5, 0.6) is 0 Å². The largest absolute Gasteiger partial charge is 0.455 e. The average Bonchev–Trinajstić information content (AvgIpc) is 2.74. The van der Waals surface area contributed by atoms with Gasteiger partial charge in [-0.1, -0.05) is 48.9 Å². The Morgan fingerprint density at radius 1 is 1.03 bits per heavy atom. The molecule has 0 aliphatic heterocycles. The Kier molecular flexibility index (Phi) is 8.79. The second-order valence-corrected chi connectivity index (χ2v) is 7.90. The van der Waals surface area contributed by atoms with Crippen LogP contribution >= 0.6 is 0 Å². The van der Waals surface area contributed by atoms with Crippen LogP contribution < -0.4 is 5.32 Å². The van der Waals surface area contributed by atoms with Crippen LogP contribution in [0.25, 0.3) is 0 Å². The van der Waals surface area contributed by atoms with Crippen molar-refractivity contribution in [2.75, 3.05) is 18.5 Å². The third-order valence-corrected chi connectivity index (χ3v) is 5.46. The van der Waals surface area contributed by atoms with Crippen LogP contribution in [-0.4, -0.2) is 41.9 Å². The zero-order valence-electron chi connectivity index (χ0n) is 19.0. The summed E-state index contributed by atoms with van der Waals surface area (Å²) in [5, 5.41) is 2.88. The van der Waals surface area contributed by atoms with Gasteiger partial charge >= 0.3 is 5.97 Å². The minimum Gasteiger partial charge on any atom is -0.455 e. The van der Waals surface area contributed by atoms with E-state index < -0.39 is 5.97 Å². The highest BCUT2D eigenvalue weighted by molar-refractivity contribution is 5.95. The molecule has 0 aromatic heterocycles. The number of nitrogens with zero attached hydrogens (tertiary/aromatic N) is 1. The lowest BCUT2D eigenvalue weighted by Crippen LogP contribution is -2.45. The number of esters is 1. The molecule has 0 bridgehead atoms. The van der Waals surface area contributed by atoms with E-state index in [1.54, 1.807) is 0 Å². The molecule has 31 heavy (non-hydrogen) atoms. The highest BCUT2D eigenvalue weighted by atomic mass is 16.5. The van der Waals surface area contributed by atoms with Crippen molar-refractivity contribution in [3.63, 3.8) is 0 Å². The second-order valence-electron chi connectivity index (χ2n) is 7.90. The summed E-state index contributed by atoms with van der Waals surface area (Å²) in [6.07, 6.45) is 0.782. The van der Waals surface area contributed by atoms with Crippen molar-refractivity contribution in [2.45, 2.75) is 53.5 Å². The summed E-state index contributed by atoms with van der Waals surface area (Å²) in [4.78, 5) is 38.9. The monoisotopic (exact) mass is 424 g/mol. The molecule has 1 atom stereocenters. The van der Waals surface area contributed by atoms with Crippen LogP contribution in [0.3, 0.4) is 0 Å². The number of carbonyl (C=O) groups is 3. The molecule has 0 aliphatic carbocycles. The first-order valence-corrected chi connectivity index (χ1v) is 10.6. The van der Waals surface area contributed by atoms with Crippen LogP contribution in [0.1, 0.15) is 42.5 Å². The number of hydrogen-bond acceptors (Lipinski definition) is 4. The first-order chi connectivity index (χ1) is 14.7. The average molecular weight is 425 g/mol. The molecule has 0 unspecified atom stereocenters. The van der Waals surface area contributed by atoms with E-state index in [0.717, 1.165) is 27.9 Å². The number of hydrogen-bond donors (Lipinski definition) is 1. The molecular formula is C25H32N2O4. The maximum absolute atomic E-state index is 12.7. The third kappa shape index (κ3) is 7.24. The minimum absolute atomic E-state index is 0.100. The Morgan fingerprint density at radius 3 is 2.35 bits per heavy atom. The second kappa shape index (κ2) is 11.3. The summed E-state index contributed by atoms with van der Waals surface area (Å²) < 4.78 is 5.19. The van der Waals surface area contributed by atoms with Crippen LogP contribution in [0.4, 0.5) is 5.69 Å². The Labute approximate surface area is 184 Å². The number of amides is 2. The molecule has 6 nitrogen and oxygen atoms in total. The van der Waals surface area contributed by atoms with E-state index in [9.17, 15) is 14.4 Å². The van der Waals surface area contributed by atoms with Gasteiger partial charge in [0.2, 0.25) is 5.91 Å². The molecule has 2 aromatic rings. The number of ether oxygens (including phenoxy) is 1. The highest BCUT2D eigenvalue weighted by Crippen LogP contribution is 2.18. The molecule has 0 radical (unpaired) electrons. The van der Waals surface area contributed by atoms with Crippen LogP contribution in [0.2, 0.25) is 0 Å². The fraction of sp³-hybridized carbons (Fsp3) is 0.400. The maximum Gasteiger partial charge on any atom is 0.310 e. The van der Waals surface area contributed by atoms with Gasteiger partial charge in [0.15, 0.2) is 6.61 Å². The summed E-state index contributed by atoms with van der Waals surface area (Å²) in [5.41, 5.74) is 4.73. The normalized spacial score (nSPS) is 11.5. The Hall–Kier alpha value is -3.15. The van der Waals surface area contributed by atoms with Gasteiger partial charge in [0.25, 0.3) is 5.91 Å². The van der Waals surface area contributed by atoms with Crippen LogP contribution in [0, 0.1) is 20.8 Å². The van der Waals surface area contributed by atoms with E-state index in [2.05, 4.69) is 5.32 Å². The Bertz CT molecular complexity index is 922. The van der Waals surface area contributed by atoms with Gasteiger partial charge in [-0.15, -0.1) is 0 Å². The van der Waals surface area contributed by atoms with Gasteiger partial charge in [0, 0.05) is 11.7 Å². The minimum atomic E-state index is -0.471. The van der Waals surface area contributed by atoms with E-state index in [1.165, 1.54) is 4.90 Å². The van der Waals surface area contributed by atoms with Crippen molar-refractivity contribution in [1.82, 2.24) is 4.90 Å². The Balaban J connectivity index is 1.95. The van der Waals surface area contributed by atoms with Crippen molar-refractivity contribution < 1.29 is 19.1 Å². The number of nitrogens with one attached hydrogen (secondary N) is 1. The molecule has 2 aromatic carbocycles. The summed E-state index contributed by atoms with van der Waals surface area (Å²) in [5.74, 6) is -1.14. The molecule has 0 saturated carbocycles. The molecule has 0 heterocycles. The van der Waals surface area contributed by atoms with Gasteiger partial charge in [0.05, 0.1) is 6.42 Å². The van der Waals surface area contributed by atoms with Gasteiger partial charge in [-0.2, -0.15) is 0 Å². The molecule has 0 spiro atoms. The van der Waals surface area contributed by atoms with E-state index in [0.29, 0.717) is 6.42 Å².